The van der Waals surface area contributed by atoms with E-state index in [9.17, 15) is 4.79 Å². The molecule has 2 aromatic carbocycles. The number of carbonyl (C=O) groups excluding carboxylic acids is 1. The van der Waals surface area contributed by atoms with Crippen molar-refractivity contribution in [3.63, 3.8) is 0 Å². The predicted molar refractivity (Wildman–Crippen MR) is 80.2 cm³/mol. The standard InChI is InChI=1S/C16H15N3O2/c17-16(20)15-13-8-4-5-9-14(13)19(18-15)10-11-21-12-6-2-1-3-7-12/h1-9H,10-11H2,(H2,17,20). The zero-order valence-electron chi connectivity index (χ0n) is 11.4. The average Bonchev–Trinajstić information content (AvgIpc) is 2.88. The van der Waals surface area contributed by atoms with Crippen molar-refractivity contribution < 1.29 is 9.53 Å². The summed E-state index contributed by atoms with van der Waals surface area (Å²) in [6, 6.07) is 17.1. The summed E-state index contributed by atoms with van der Waals surface area (Å²) >= 11 is 0. The molecule has 0 radical (unpaired) electrons. The van der Waals surface area contributed by atoms with Crippen LogP contribution < -0.4 is 10.5 Å². The highest BCUT2D eigenvalue weighted by Crippen LogP contribution is 2.18. The van der Waals surface area contributed by atoms with Crippen molar-refractivity contribution in [1.82, 2.24) is 9.78 Å². The second kappa shape index (κ2) is 5.66. The van der Waals surface area contributed by atoms with Gasteiger partial charge in [0, 0.05) is 5.39 Å². The molecule has 0 saturated heterocycles. The number of ether oxygens (including phenoxy) is 1. The molecule has 0 saturated carbocycles. The molecule has 1 aromatic heterocycles. The summed E-state index contributed by atoms with van der Waals surface area (Å²) in [6.07, 6.45) is 0. The second-order valence-corrected chi connectivity index (χ2v) is 4.61. The summed E-state index contributed by atoms with van der Waals surface area (Å²) in [4.78, 5) is 11.4. The summed E-state index contributed by atoms with van der Waals surface area (Å²) in [5.74, 6) is 0.290. The number of nitrogens with two attached hydrogens (primary N) is 1. The molecule has 0 unspecified atom stereocenters. The number of amides is 1. The van der Waals surface area contributed by atoms with Crippen molar-refractivity contribution in [1.29, 1.82) is 0 Å². The number of nitrogens with zero attached hydrogens (tertiary/aromatic N) is 2. The Bertz CT molecular complexity index is 766. The molecule has 2 N–H and O–H groups in total. The van der Waals surface area contributed by atoms with E-state index in [-0.39, 0.29) is 0 Å². The van der Waals surface area contributed by atoms with Gasteiger partial charge in [-0.2, -0.15) is 5.10 Å². The van der Waals surface area contributed by atoms with Gasteiger partial charge < -0.3 is 10.5 Å². The van der Waals surface area contributed by atoms with Crippen LogP contribution in [-0.4, -0.2) is 22.3 Å². The van der Waals surface area contributed by atoms with Crippen LogP contribution in [0.3, 0.4) is 0 Å². The summed E-state index contributed by atoms with van der Waals surface area (Å²) in [5.41, 5.74) is 6.54. The van der Waals surface area contributed by atoms with E-state index in [1.807, 2.05) is 54.6 Å². The number of primary amides is 1. The molecule has 0 spiro atoms. The van der Waals surface area contributed by atoms with Gasteiger partial charge in [0.25, 0.3) is 5.91 Å². The van der Waals surface area contributed by atoms with Crippen molar-refractivity contribution in [3.8, 4) is 5.75 Å². The maximum atomic E-state index is 11.4. The van der Waals surface area contributed by atoms with Crippen LogP contribution in [0.5, 0.6) is 5.75 Å². The number of hydrogen-bond acceptors (Lipinski definition) is 3. The molecule has 0 aliphatic heterocycles. The van der Waals surface area contributed by atoms with Gasteiger partial charge in [-0.05, 0) is 18.2 Å². The normalized spacial score (nSPS) is 10.7. The Hall–Kier alpha value is -2.82. The highest BCUT2D eigenvalue weighted by atomic mass is 16.5. The molecule has 0 atom stereocenters. The van der Waals surface area contributed by atoms with Crippen LogP contribution in [0.1, 0.15) is 10.5 Å². The Labute approximate surface area is 121 Å². The lowest BCUT2D eigenvalue weighted by molar-refractivity contribution is 0.0996. The van der Waals surface area contributed by atoms with E-state index < -0.39 is 5.91 Å². The number of hydrogen-bond donors (Lipinski definition) is 1. The second-order valence-electron chi connectivity index (χ2n) is 4.61. The monoisotopic (exact) mass is 281 g/mol. The van der Waals surface area contributed by atoms with Gasteiger partial charge in [-0.3, -0.25) is 9.48 Å². The number of aromatic nitrogens is 2. The predicted octanol–water partition coefficient (Wildman–Crippen LogP) is 2.21. The van der Waals surface area contributed by atoms with Crippen molar-refractivity contribution >= 4 is 16.8 Å². The van der Waals surface area contributed by atoms with E-state index in [0.717, 1.165) is 16.7 Å². The van der Waals surface area contributed by atoms with Gasteiger partial charge in [-0.1, -0.05) is 36.4 Å². The number of carbonyl (C=O) groups is 1. The largest absolute Gasteiger partial charge is 0.492 e. The highest BCUT2D eigenvalue weighted by Gasteiger charge is 2.13. The molecule has 1 amide bonds. The fourth-order valence-electron chi connectivity index (χ4n) is 2.25. The zero-order valence-corrected chi connectivity index (χ0v) is 11.4. The molecule has 106 valence electrons. The SMILES string of the molecule is NC(=O)c1nn(CCOc2ccccc2)c2ccccc12. The van der Waals surface area contributed by atoms with Crippen molar-refractivity contribution in [2.75, 3.05) is 6.61 Å². The maximum absolute atomic E-state index is 11.4. The molecule has 1 heterocycles. The van der Waals surface area contributed by atoms with Crippen LogP contribution in [0.15, 0.2) is 54.6 Å². The lowest BCUT2D eigenvalue weighted by atomic mass is 10.2. The average molecular weight is 281 g/mol. The number of rotatable bonds is 5. The van der Waals surface area contributed by atoms with Gasteiger partial charge in [0.1, 0.15) is 12.4 Å². The molecule has 0 bridgehead atoms. The summed E-state index contributed by atoms with van der Waals surface area (Å²) in [7, 11) is 0. The van der Waals surface area contributed by atoms with Crippen LogP contribution >= 0.6 is 0 Å². The Kier molecular flexibility index (Phi) is 3.55. The first-order valence-electron chi connectivity index (χ1n) is 6.69. The van der Waals surface area contributed by atoms with Crippen LogP contribution in [-0.2, 0) is 6.54 Å². The molecule has 0 aliphatic carbocycles. The lowest BCUT2D eigenvalue weighted by Gasteiger charge is -2.06. The smallest absolute Gasteiger partial charge is 0.269 e. The Morgan fingerprint density at radius 2 is 1.81 bits per heavy atom. The molecule has 0 aliphatic rings. The number of fused-ring (bicyclic) bond motifs is 1. The van der Waals surface area contributed by atoms with E-state index in [0.29, 0.717) is 18.8 Å². The minimum atomic E-state index is -0.520. The minimum absolute atomic E-state index is 0.297. The first-order chi connectivity index (χ1) is 10.3. The van der Waals surface area contributed by atoms with Crippen LogP contribution in [0, 0.1) is 0 Å². The van der Waals surface area contributed by atoms with Crippen LogP contribution in [0.4, 0.5) is 0 Å². The molecule has 21 heavy (non-hydrogen) atoms. The van der Waals surface area contributed by atoms with E-state index in [2.05, 4.69) is 5.10 Å². The van der Waals surface area contributed by atoms with Gasteiger partial charge in [-0.15, -0.1) is 0 Å². The van der Waals surface area contributed by atoms with Crippen LogP contribution in [0.25, 0.3) is 10.9 Å². The van der Waals surface area contributed by atoms with Gasteiger partial charge in [0.2, 0.25) is 0 Å². The van der Waals surface area contributed by atoms with Gasteiger partial charge in [0.05, 0.1) is 12.1 Å². The van der Waals surface area contributed by atoms with E-state index in [4.69, 9.17) is 10.5 Å². The lowest BCUT2D eigenvalue weighted by Crippen LogP contribution is -2.14. The third-order valence-electron chi connectivity index (χ3n) is 3.21. The Morgan fingerprint density at radius 1 is 1.10 bits per heavy atom. The fraction of sp³-hybridized carbons (Fsp3) is 0.125. The molecule has 0 fully saturated rings. The Morgan fingerprint density at radius 3 is 2.57 bits per heavy atom. The third-order valence-corrected chi connectivity index (χ3v) is 3.21. The number of para-hydroxylation sites is 2. The summed E-state index contributed by atoms with van der Waals surface area (Å²) in [6.45, 7) is 1.01. The Balaban J connectivity index is 1.79. The van der Waals surface area contributed by atoms with E-state index in [1.165, 1.54) is 0 Å². The molecule has 3 aromatic rings. The fourth-order valence-corrected chi connectivity index (χ4v) is 2.25. The molecular weight excluding hydrogens is 266 g/mol. The maximum Gasteiger partial charge on any atom is 0.269 e. The van der Waals surface area contributed by atoms with Gasteiger partial charge >= 0.3 is 0 Å². The molecular formula is C16H15N3O2. The molecule has 5 nitrogen and oxygen atoms in total. The zero-order chi connectivity index (χ0) is 14.7. The van der Waals surface area contributed by atoms with E-state index >= 15 is 0 Å². The van der Waals surface area contributed by atoms with Crippen LogP contribution in [0.2, 0.25) is 0 Å². The van der Waals surface area contributed by atoms with E-state index in [1.54, 1.807) is 4.68 Å². The first-order valence-corrected chi connectivity index (χ1v) is 6.69. The minimum Gasteiger partial charge on any atom is -0.492 e. The summed E-state index contributed by atoms with van der Waals surface area (Å²) in [5, 5.41) is 5.05. The first kappa shape index (κ1) is 13.2. The topological polar surface area (TPSA) is 70.1 Å². The summed E-state index contributed by atoms with van der Waals surface area (Å²) < 4.78 is 7.40. The molecule has 3 rings (SSSR count). The van der Waals surface area contributed by atoms with Gasteiger partial charge in [0.15, 0.2) is 5.69 Å². The highest BCUT2D eigenvalue weighted by molar-refractivity contribution is 6.04. The van der Waals surface area contributed by atoms with Crippen molar-refractivity contribution in [2.45, 2.75) is 6.54 Å². The van der Waals surface area contributed by atoms with Crippen molar-refractivity contribution in [3.05, 3.63) is 60.3 Å². The third kappa shape index (κ3) is 2.72. The van der Waals surface area contributed by atoms with Gasteiger partial charge in [-0.25, -0.2) is 0 Å². The number of benzene rings is 2. The van der Waals surface area contributed by atoms with Crippen molar-refractivity contribution in [2.24, 2.45) is 5.73 Å². The molecule has 5 heteroatoms. The quantitative estimate of drug-likeness (QED) is 0.779.